The van der Waals surface area contributed by atoms with Gasteiger partial charge in [0.25, 0.3) is 0 Å². The second-order valence-corrected chi connectivity index (χ2v) is 7.16. The van der Waals surface area contributed by atoms with Crippen molar-refractivity contribution in [3.63, 3.8) is 0 Å². The third kappa shape index (κ3) is 5.74. The number of carbonyl (C=O) groups excluding carboxylic acids is 2. The van der Waals surface area contributed by atoms with E-state index in [-0.39, 0.29) is 11.8 Å². The van der Waals surface area contributed by atoms with Crippen molar-refractivity contribution >= 4 is 11.8 Å². The van der Waals surface area contributed by atoms with Crippen molar-refractivity contribution in [3.05, 3.63) is 0 Å². The highest BCUT2D eigenvalue weighted by Gasteiger charge is 2.26. The van der Waals surface area contributed by atoms with Crippen LogP contribution in [0, 0.1) is 0 Å². The third-order valence-electron chi connectivity index (χ3n) is 5.42. The van der Waals surface area contributed by atoms with Gasteiger partial charge in [0.1, 0.15) is 0 Å². The summed E-state index contributed by atoms with van der Waals surface area (Å²) in [5, 5.41) is 3.07. The molecule has 6 heteroatoms. The lowest BCUT2D eigenvalue weighted by atomic mass is 9.94. The average molecular weight is 338 g/mol. The lowest BCUT2D eigenvalue weighted by Gasteiger charge is -2.37. The molecule has 0 aromatic heterocycles. The molecule has 0 aromatic carbocycles. The molecule has 1 aliphatic carbocycles. The fourth-order valence-corrected chi connectivity index (χ4v) is 3.70. The molecule has 1 aliphatic heterocycles. The molecule has 1 saturated heterocycles. The van der Waals surface area contributed by atoms with Crippen LogP contribution < -0.4 is 5.32 Å². The molecule has 0 radical (unpaired) electrons. The summed E-state index contributed by atoms with van der Waals surface area (Å²) in [6.07, 6.45) is 7.61. The molecule has 2 aliphatic rings. The fourth-order valence-electron chi connectivity index (χ4n) is 3.70. The number of hydrogen-bond donors (Lipinski definition) is 1. The van der Waals surface area contributed by atoms with E-state index in [2.05, 4.69) is 10.2 Å². The zero-order chi connectivity index (χ0) is 17.4. The molecule has 1 N–H and O–H groups in total. The van der Waals surface area contributed by atoms with Crippen LogP contribution in [0.1, 0.15) is 44.9 Å². The standard InChI is InChI=1S/C18H34N4O2/c1-19-10-6-9-17(23)22-13-11-21(12-14-22)15-18(24)20(2)16-7-4-3-5-8-16/h16,19H,3-15H2,1-2H3. The summed E-state index contributed by atoms with van der Waals surface area (Å²) in [6.45, 7) is 4.49. The van der Waals surface area contributed by atoms with Gasteiger partial charge in [-0.2, -0.15) is 0 Å². The van der Waals surface area contributed by atoms with Crippen LogP contribution >= 0.6 is 0 Å². The highest BCUT2D eigenvalue weighted by molar-refractivity contribution is 5.78. The topological polar surface area (TPSA) is 55.9 Å². The smallest absolute Gasteiger partial charge is 0.236 e. The first kappa shape index (κ1) is 19.2. The highest BCUT2D eigenvalue weighted by atomic mass is 16.2. The SMILES string of the molecule is CNCCCC(=O)N1CCN(CC(=O)N(C)C2CCCCC2)CC1. The van der Waals surface area contributed by atoms with Crippen LogP contribution in [-0.2, 0) is 9.59 Å². The normalized spacial score (nSPS) is 20.2. The lowest BCUT2D eigenvalue weighted by Crippen LogP contribution is -2.52. The average Bonchev–Trinajstić information content (AvgIpc) is 2.62. The van der Waals surface area contributed by atoms with Gasteiger partial charge in [0, 0.05) is 45.7 Å². The maximum Gasteiger partial charge on any atom is 0.236 e. The van der Waals surface area contributed by atoms with E-state index in [9.17, 15) is 9.59 Å². The second kappa shape index (κ2) is 9.99. The van der Waals surface area contributed by atoms with Gasteiger partial charge in [-0.1, -0.05) is 19.3 Å². The van der Waals surface area contributed by atoms with Crippen LogP contribution in [0.2, 0.25) is 0 Å². The Kier molecular flexibility index (Phi) is 7.99. The molecular formula is C18H34N4O2. The Hall–Kier alpha value is -1.14. The van der Waals surface area contributed by atoms with Gasteiger partial charge in [-0.25, -0.2) is 0 Å². The molecule has 2 fully saturated rings. The van der Waals surface area contributed by atoms with E-state index in [0.29, 0.717) is 19.0 Å². The van der Waals surface area contributed by atoms with E-state index < -0.39 is 0 Å². The predicted octanol–water partition coefficient (Wildman–Crippen LogP) is 0.921. The van der Waals surface area contributed by atoms with Gasteiger partial charge >= 0.3 is 0 Å². The Morgan fingerprint density at radius 1 is 1.08 bits per heavy atom. The van der Waals surface area contributed by atoms with Gasteiger partial charge in [0.2, 0.25) is 11.8 Å². The van der Waals surface area contributed by atoms with Gasteiger partial charge in [0.15, 0.2) is 0 Å². The summed E-state index contributed by atoms with van der Waals surface area (Å²) in [7, 11) is 3.87. The number of hydrogen-bond acceptors (Lipinski definition) is 4. The van der Waals surface area contributed by atoms with E-state index in [4.69, 9.17) is 0 Å². The summed E-state index contributed by atoms with van der Waals surface area (Å²) >= 11 is 0. The Morgan fingerprint density at radius 3 is 2.38 bits per heavy atom. The molecule has 2 rings (SSSR count). The molecule has 1 heterocycles. The van der Waals surface area contributed by atoms with Crippen molar-refractivity contribution in [2.24, 2.45) is 0 Å². The zero-order valence-electron chi connectivity index (χ0n) is 15.4. The number of likely N-dealkylation sites (N-methyl/N-ethyl adjacent to an activating group) is 1. The van der Waals surface area contributed by atoms with Crippen LogP contribution in [0.5, 0.6) is 0 Å². The monoisotopic (exact) mass is 338 g/mol. The van der Waals surface area contributed by atoms with Crippen LogP contribution in [0.15, 0.2) is 0 Å². The van der Waals surface area contributed by atoms with E-state index in [1.54, 1.807) is 0 Å². The molecule has 0 bridgehead atoms. The van der Waals surface area contributed by atoms with Gasteiger partial charge < -0.3 is 15.1 Å². The van der Waals surface area contributed by atoms with Crippen LogP contribution in [0.4, 0.5) is 0 Å². The number of carbonyl (C=O) groups is 2. The Bertz CT molecular complexity index is 402. The Labute approximate surface area is 146 Å². The molecular weight excluding hydrogens is 304 g/mol. The summed E-state index contributed by atoms with van der Waals surface area (Å²) in [5.41, 5.74) is 0. The first-order valence-corrected chi connectivity index (χ1v) is 9.52. The van der Waals surface area contributed by atoms with E-state index in [0.717, 1.165) is 52.0 Å². The predicted molar refractivity (Wildman–Crippen MR) is 95.8 cm³/mol. The van der Waals surface area contributed by atoms with Gasteiger partial charge in [-0.15, -0.1) is 0 Å². The minimum absolute atomic E-state index is 0.232. The van der Waals surface area contributed by atoms with Crippen molar-refractivity contribution < 1.29 is 9.59 Å². The quantitative estimate of drug-likeness (QED) is 0.702. The van der Waals surface area contributed by atoms with Crippen LogP contribution in [0.3, 0.4) is 0 Å². The van der Waals surface area contributed by atoms with Gasteiger partial charge in [-0.05, 0) is 32.9 Å². The second-order valence-electron chi connectivity index (χ2n) is 7.16. The molecule has 138 valence electrons. The molecule has 0 unspecified atom stereocenters. The number of nitrogens with zero attached hydrogens (tertiary/aromatic N) is 3. The van der Waals surface area contributed by atoms with Crippen molar-refractivity contribution in [1.29, 1.82) is 0 Å². The van der Waals surface area contributed by atoms with E-state index >= 15 is 0 Å². The van der Waals surface area contributed by atoms with E-state index in [1.807, 2.05) is 23.9 Å². The first-order chi connectivity index (χ1) is 11.6. The number of amides is 2. The van der Waals surface area contributed by atoms with Crippen molar-refractivity contribution in [2.45, 2.75) is 51.0 Å². The molecule has 0 aromatic rings. The molecule has 0 atom stereocenters. The highest BCUT2D eigenvalue weighted by Crippen LogP contribution is 2.21. The molecule has 6 nitrogen and oxygen atoms in total. The van der Waals surface area contributed by atoms with Crippen LogP contribution in [-0.4, -0.2) is 85.9 Å². The molecule has 1 saturated carbocycles. The Balaban J connectivity index is 1.68. The number of nitrogens with one attached hydrogen (secondary N) is 1. The largest absolute Gasteiger partial charge is 0.342 e. The number of piperazine rings is 1. The summed E-state index contributed by atoms with van der Waals surface area (Å²) in [4.78, 5) is 30.7. The molecule has 0 spiro atoms. The molecule has 24 heavy (non-hydrogen) atoms. The maximum absolute atomic E-state index is 12.5. The third-order valence-corrected chi connectivity index (χ3v) is 5.42. The Morgan fingerprint density at radius 2 is 1.75 bits per heavy atom. The van der Waals surface area contributed by atoms with Gasteiger partial charge in [0.05, 0.1) is 6.54 Å². The summed E-state index contributed by atoms with van der Waals surface area (Å²) in [6, 6.07) is 0.432. The van der Waals surface area contributed by atoms with Crippen molar-refractivity contribution in [2.75, 3.05) is 53.4 Å². The van der Waals surface area contributed by atoms with Crippen LogP contribution in [0.25, 0.3) is 0 Å². The fraction of sp³-hybridized carbons (Fsp3) is 0.889. The van der Waals surface area contributed by atoms with Crippen molar-refractivity contribution in [3.8, 4) is 0 Å². The zero-order valence-corrected chi connectivity index (χ0v) is 15.4. The summed E-state index contributed by atoms with van der Waals surface area (Å²) in [5.74, 6) is 0.478. The van der Waals surface area contributed by atoms with E-state index in [1.165, 1.54) is 19.3 Å². The first-order valence-electron chi connectivity index (χ1n) is 9.52. The number of rotatable bonds is 7. The minimum Gasteiger partial charge on any atom is -0.342 e. The molecule has 2 amide bonds. The van der Waals surface area contributed by atoms with Crippen molar-refractivity contribution in [1.82, 2.24) is 20.0 Å². The summed E-state index contributed by atoms with van der Waals surface area (Å²) < 4.78 is 0. The lowest BCUT2D eigenvalue weighted by molar-refractivity contribution is -0.136. The minimum atomic E-state index is 0.232. The maximum atomic E-state index is 12.5. The van der Waals surface area contributed by atoms with Gasteiger partial charge in [-0.3, -0.25) is 14.5 Å².